The molecule has 0 aliphatic rings. The molecular formula is C23H33ClN4O2. The molecule has 30 heavy (non-hydrogen) atoms. The van der Waals surface area contributed by atoms with Crippen LogP contribution in [-0.4, -0.2) is 39.1 Å². The molecule has 1 aromatic carbocycles. The molecule has 0 bridgehead atoms. The second-order valence-corrected chi connectivity index (χ2v) is 9.70. The van der Waals surface area contributed by atoms with Crippen molar-refractivity contribution in [2.45, 2.75) is 66.3 Å². The van der Waals surface area contributed by atoms with Crippen molar-refractivity contribution in [3.63, 3.8) is 0 Å². The van der Waals surface area contributed by atoms with Crippen LogP contribution >= 0.6 is 11.6 Å². The van der Waals surface area contributed by atoms with Crippen molar-refractivity contribution in [3.05, 3.63) is 41.0 Å². The van der Waals surface area contributed by atoms with Crippen LogP contribution in [0.2, 0.25) is 5.02 Å². The van der Waals surface area contributed by atoms with Gasteiger partial charge in [0.25, 0.3) is 0 Å². The first-order valence-corrected chi connectivity index (χ1v) is 10.7. The fourth-order valence-corrected chi connectivity index (χ4v) is 3.22. The number of aromatic nitrogens is 2. The van der Waals surface area contributed by atoms with Crippen molar-refractivity contribution < 1.29 is 9.59 Å². The van der Waals surface area contributed by atoms with Gasteiger partial charge in [-0.15, -0.1) is 0 Å². The summed E-state index contributed by atoms with van der Waals surface area (Å²) in [7, 11) is 0. The number of benzene rings is 1. The fraction of sp³-hybridized carbons (Fsp3) is 0.522. The Morgan fingerprint density at radius 2 is 1.80 bits per heavy atom. The second kappa shape index (κ2) is 9.65. The van der Waals surface area contributed by atoms with E-state index in [1.54, 1.807) is 15.6 Å². The summed E-state index contributed by atoms with van der Waals surface area (Å²) in [4.78, 5) is 27.0. The molecule has 1 aromatic heterocycles. The zero-order valence-corrected chi connectivity index (χ0v) is 19.7. The van der Waals surface area contributed by atoms with Gasteiger partial charge in [-0.3, -0.25) is 9.59 Å². The Hall–Kier alpha value is -2.34. The van der Waals surface area contributed by atoms with Gasteiger partial charge in [0.1, 0.15) is 12.4 Å². The highest BCUT2D eigenvalue weighted by atomic mass is 35.5. The lowest BCUT2D eigenvalue weighted by Gasteiger charge is -2.27. The Bertz CT molecular complexity index is 897. The molecule has 7 heteroatoms. The van der Waals surface area contributed by atoms with Gasteiger partial charge in [-0.05, 0) is 31.9 Å². The number of nitrogens with zero attached hydrogens (tertiary/aromatic N) is 3. The summed E-state index contributed by atoms with van der Waals surface area (Å²) >= 11 is 6.38. The zero-order valence-electron chi connectivity index (χ0n) is 19.0. The normalized spacial score (nSPS) is 11.8. The van der Waals surface area contributed by atoms with Crippen LogP contribution in [0.4, 0.5) is 5.82 Å². The van der Waals surface area contributed by atoms with Crippen LogP contribution in [0.15, 0.2) is 30.3 Å². The molecule has 0 fully saturated rings. The summed E-state index contributed by atoms with van der Waals surface area (Å²) < 4.78 is 1.65. The van der Waals surface area contributed by atoms with Crippen molar-refractivity contribution in [1.82, 2.24) is 14.7 Å². The molecule has 2 aromatic rings. The van der Waals surface area contributed by atoms with Crippen molar-refractivity contribution in [2.75, 3.05) is 11.9 Å². The number of para-hydroxylation sites is 1. The van der Waals surface area contributed by atoms with Crippen molar-refractivity contribution >= 4 is 29.2 Å². The van der Waals surface area contributed by atoms with E-state index in [9.17, 15) is 9.59 Å². The highest BCUT2D eigenvalue weighted by Gasteiger charge is 2.24. The van der Waals surface area contributed by atoms with Crippen LogP contribution in [-0.2, 0) is 15.0 Å². The Morgan fingerprint density at radius 1 is 1.17 bits per heavy atom. The molecule has 0 aliphatic carbocycles. The summed E-state index contributed by atoms with van der Waals surface area (Å²) in [6.45, 7) is 14.0. The Kier molecular flexibility index (Phi) is 7.70. The maximum absolute atomic E-state index is 12.9. The molecule has 0 radical (unpaired) electrons. The molecule has 6 nitrogen and oxygen atoms in total. The van der Waals surface area contributed by atoms with Gasteiger partial charge in [-0.2, -0.15) is 5.10 Å². The quantitative estimate of drug-likeness (QED) is 0.666. The van der Waals surface area contributed by atoms with Crippen molar-refractivity contribution in [2.24, 2.45) is 5.92 Å². The van der Waals surface area contributed by atoms with Crippen molar-refractivity contribution in [3.8, 4) is 5.69 Å². The number of carbonyl (C=O) groups excluding carboxylic acids is 2. The number of hydrogen-bond donors (Lipinski definition) is 1. The van der Waals surface area contributed by atoms with Crippen LogP contribution in [0.25, 0.3) is 5.69 Å². The van der Waals surface area contributed by atoms with Crippen LogP contribution in [0.5, 0.6) is 0 Å². The predicted octanol–water partition coefficient (Wildman–Crippen LogP) is 5.04. The summed E-state index contributed by atoms with van der Waals surface area (Å²) in [6, 6.07) is 9.14. The monoisotopic (exact) mass is 432 g/mol. The number of anilines is 1. The third-order valence-corrected chi connectivity index (χ3v) is 4.99. The number of halogens is 1. The molecule has 0 saturated heterocycles. The van der Waals surface area contributed by atoms with Crippen LogP contribution in [0.1, 0.15) is 60.6 Å². The lowest BCUT2D eigenvalue weighted by Crippen LogP contribution is -2.42. The highest BCUT2D eigenvalue weighted by molar-refractivity contribution is 6.32. The van der Waals surface area contributed by atoms with E-state index in [1.165, 1.54) is 0 Å². The average Bonchev–Trinajstić information content (AvgIpc) is 3.03. The minimum Gasteiger partial charge on any atom is -0.331 e. The first-order valence-electron chi connectivity index (χ1n) is 10.3. The Labute approximate surface area is 184 Å². The second-order valence-electron chi connectivity index (χ2n) is 9.29. The molecule has 2 rings (SSSR count). The number of rotatable bonds is 7. The molecule has 1 heterocycles. The number of hydrogen-bond acceptors (Lipinski definition) is 3. The summed E-state index contributed by atoms with van der Waals surface area (Å²) in [5.41, 5.74) is 1.30. The first kappa shape index (κ1) is 23.9. The Morgan fingerprint density at radius 3 is 2.33 bits per heavy atom. The van der Waals surface area contributed by atoms with Crippen LogP contribution in [0.3, 0.4) is 0 Å². The molecule has 0 atom stereocenters. The van der Waals surface area contributed by atoms with E-state index in [-0.39, 0.29) is 35.7 Å². The van der Waals surface area contributed by atoms with Gasteiger partial charge in [0.05, 0.1) is 16.4 Å². The van der Waals surface area contributed by atoms with E-state index in [0.29, 0.717) is 22.9 Å². The van der Waals surface area contributed by atoms with E-state index in [4.69, 9.17) is 16.7 Å². The lowest BCUT2D eigenvalue weighted by molar-refractivity contribution is -0.137. The number of nitrogens with one attached hydrogen (secondary N) is 1. The first-order chi connectivity index (χ1) is 13.9. The third kappa shape index (κ3) is 6.08. The molecule has 164 valence electrons. The average molecular weight is 433 g/mol. The molecule has 0 aliphatic heterocycles. The summed E-state index contributed by atoms with van der Waals surface area (Å²) in [5.74, 6) is 0.468. The fourth-order valence-electron chi connectivity index (χ4n) is 3.01. The topological polar surface area (TPSA) is 67.2 Å². The lowest BCUT2D eigenvalue weighted by atomic mass is 9.92. The van der Waals surface area contributed by atoms with E-state index in [0.717, 1.165) is 5.69 Å². The predicted molar refractivity (Wildman–Crippen MR) is 122 cm³/mol. The van der Waals surface area contributed by atoms with Gasteiger partial charge in [0, 0.05) is 23.9 Å². The summed E-state index contributed by atoms with van der Waals surface area (Å²) in [5, 5.41) is 8.16. The standard InChI is InChI=1S/C23H33ClN4O2/c1-15(2)12-22(30)27(16(3)4)14-21(29)25-20-13-19(23(5,6)7)26-28(20)18-11-9-8-10-17(18)24/h8-11,13,15-16H,12,14H2,1-7H3,(H,25,29). The van der Waals surface area contributed by atoms with E-state index < -0.39 is 0 Å². The molecular weight excluding hydrogens is 400 g/mol. The zero-order chi connectivity index (χ0) is 22.6. The molecule has 2 amide bonds. The minimum absolute atomic E-state index is 0.0121. The largest absolute Gasteiger partial charge is 0.331 e. The maximum atomic E-state index is 12.9. The van der Waals surface area contributed by atoms with Crippen LogP contribution in [0, 0.1) is 5.92 Å². The number of amides is 2. The van der Waals surface area contributed by atoms with E-state index >= 15 is 0 Å². The van der Waals surface area contributed by atoms with Gasteiger partial charge in [0.2, 0.25) is 11.8 Å². The SMILES string of the molecule is CC(C)CC(=O)N(CC(=O)Nc1cc(C(C)(C)C)nn1-c1ccccc1Cl)C(C)C. The van der Waals surface area contributed by atoms with E-state index in [2.05, 4.69) is 26.1 Å². The van der Waals surface area contributed by atoms with Gasteiger partial charge >= 0.3 is 0 Å². The molecule has 0 saturated carbocycles. The van der Waals surface area contributed by atoms with Gasteiger partial charge in [-0.25, -0.2) is 4.68 Å². The Balaban J connectivity index is 2.32. The van der Waals surface area contributed by atoms with Crippen molar-refractivity contribution in [1.29, 1.82) is 0 Å². The molecule has 0 spiro atoms. The maximum Gasteiger partial charge on any atom is 0.245 e. The van der Waals surface area contributed by atoms with Gasteiger partial charge < -0.3 is 10.2 Å². The third-order valence-electron chi connectivity index (χ3n) is 4.67. The van der Waals surface area contributed by atoms with E-state index in [1.807, 2.05) is 52.0 Å². The minimum atomic E-state index is -0.269. The molecule has 1 N–H and O–H groups in total. The summed E-state index contributed by atoms with van der Waals surface area (Å²) in [6.07, 6.45) is 0.414. The number of carbonyl (C=O) groups is 2. The van der Waals surface area contributed by atoms with Gasteiger partial charge in [-0.1, -0.05) is 58.4 Å². The molecule has 0 unspecified atom stereocenters. The highest BCUT2D eigenvalue weighted by Crippen LogP contribution is 2.29. The van der Waals surface area contributed by atoms with Gasteiger partial charge in [0.15, 0.2) is 0 Å². The van der Waals surface area contributed by atoms with Crippen LogP contribution < -0.4 is 5.32 Å². The smallest absolute Gasteiger partial charge is 0.245 e.